The van der Waals surface area contributed by atoms with Gasteiger partial charge in [-0.1, -0.05) is 19.1 Å². The minimum absolute atomic E-state index is 0.0462. The molecule has 0 unspecified atom stereocenters. The third kappa shape index (κ3) is 3.93. The fourth-order valence-electron chi connectivity index (χ4n) is 3.47. The van der Waals surface area contributed by atoms with Crippen LogP contribution in [0.2, 0.25) is 0 Å². The Bertz CT molecular complexity index is 750. The molecule has 0 atom stereocenters. The highest BCUT2D eigenvalue weighted by Gasteiger charge is 2.35. The van der Waals surface area contributed by atoms with Crippen LogP contribution >= 0.6 is 11.3 Å². The van der Waals surface area contributed by atoms with Crippen molar-refractivity contribution in [3.05, 3.63) is 57.0 Å². The molecule has 134 valence electrons. The summed E-state index contributed by atoms with van der Waals surface area (Å²) in [6, 6.07) is 8.68. The number of amides is 1. The van der Waals surface area contributed by atoms with Gasteiger partial charge in [0.25, 0.3) is 5.91 Å². The molecule has 1 N–H and O–H groups in total. The summed E-state index contributed by atoms with van der Waals surface area (Å²) in [4.78, 5) is 14.6. The van der Waals surface area contributed by atoms with Crippen LogP contribution in [0.25, 0.3) is 0 Å². The lowest BCUT2D eigenvalue weighted by atomic mass is 9.74. The van der Waals surface area contributed by atoms with Crippen LogP contribution in [0.5, 0.6) is 0 Å². The smallest absolute Gasteiger partial charge is 0.261 e. The first-order valence-corrected chi connectivity index (χ1v) is 9.57. The second-order valence-corrected chi connectivity index (χ2v) is 7.79. The molecule has 3 rings (SSSR count). The van der Waals surface area contributed by atoms with Crippen molar-refractivity contribution >= 4 is 17.2 Å². The fraction of sp³-hybridized carbons (Fsp3) is 0.450. The molecular weight excluding hydrogens is 337 g/mol. The summed E-state index contributed by atoms with van der Waals surface area (Å²) in [7, 11) is 0. The van der Waals surface area contributed by atoms with E-state index >= 15 is 0 Å². The first-order chi connectivity index (χ1) is 12.0. The number of hydrogen-bond acceptors (Lipinski definition) is 3. The monoisotopic (exact) mass is 361 g/mol. The van der Waals surface area contributed by atoms with E-state index in [0.29, 0.717) is 19.8 Å². The molecule has 3 nitrogen and oxygen atoms in total. The van der Waals surface area contributed by atoms with Crippen LogP contribution < -0.4 is 5.32 Å². The predicted octanol–water partition coefficient (Wildman–Crippen LogP) is 4.24. The number of thiophene rings is 1. The Labute approximate surface area is 152 Å². The van der Waals surface area contributed by atoms with Crippen molar-refractivity contribution in [1.29, 1.82) is 0 Å². The summed E-state index contributed by atoms with van der Waals surface area (Å²) in [5.41, 5.74) is 1.84. The molecule has 5 heteroatoms. The van der Waals surface area contributed by atoms with Crippen molar-refractivity contribution in [1.82, 2.24) is 5.32 Å². The van der Waals surface area contributed by atoms with E-state index in [9.17, 15) is 9.18 Å². The molecule has 1 saturated heterocycles. The maximum absolute atomic E-state index is 13.7. The molecule has 1 aromatic heterocycles. The van der Waals surface area contributed by atoms with Gasteiger partial charge < -0.3 is 10.1 Å². The molecule has 0 aliphatic carbocycles. The maximum atomic E-state index is 13.7. The molecule has 25 heavy (non-hydrogen) atoms. The average molecular weight is 361 g/mol. The van der Waals surface area contributed by atoms with Gasteiger partial charge in [-0.3, -0.25) is 4.79 Å². The van der Waals surface area contributed by atoms with Crippen LogP contribution in [0.3, 0.4) is 0 Å². The van der Waals surface area contributed by atoms with Crippen molar-refractivity contribution in [2.75, 3.05) is 19.8 Å². The number of halogens is 1. The van der Waals surface area contributed by atoms with Crippen molar-refractivity contribution in [2.45, 2.75) is 38.5 Å². The number of ether oxygens (including phenoxy) is 1. The van der Waals surface area contributed by atoms with Gasteiger partial charge in [0.1, 0.15) is 5.82 Å². The van der Waals surface area contributed by atoms with Gasteiger partial charge in [-0.15, -0.1) is 11.3 Å². The van der Waals surface area contributed by atoms with E-state index in [2.05, 4.69) is 12.2 Å². The van der Waals surface area contributed by atoms with Crippen LogP contribution in [0.1, 0.15) is 45.4 Å². The van der Waals surface area contributed by atoms with Gasteiger partial charge in [-0.2, -0.15) is 0 Å². The van der Waals surface area contributed by atoms with Gasteiger partial charge in [0.15, 0.2) is 0 Å². The summed E-state index contributed by atoms with van der Waals surface area (Å²) < 4.78 is 19.2. The van der Waals surface area contributed by atoms with E-state index in [1.54, 1.807) is 23.5 Å². The Hall–Kier alpha value is -1.72. The molecular formula is C20H24FNO2S. The van der Waals surface area contributed by atoms with Gasteiger partial charge in [0.05, 0.1) is 4.88 Å². The summed E-state index contributed by atoms with van der Waals surface area (Å²) >= 11 is 1.55. The van der Waals surface area contributed by atoms with Gasteiger partial charge in [0, 0.05) is 30.1 Å². The van der Waals surface area contributed by atoms with E-state index in [1.807, 2.05) is 19.1 Å². The Morgan fingerprint density at radius 3 is 2.72 bits per heavy atom. The number of carbonyl (C=O) groups is 1. The Balaban J connectivity index is 1.78. The van der Waals surface area contributed by atoms with Crippen LogP contribution in [0, 0.1) is 12.7 Å². The second kappa shape index (κ2) is 7.67. The van der Waals surface area contributed by atoms with Crippen LogP contribution in [-0.2, 0) is 16.6 Å². The SMILES string of the molecule is CCc1sc(C(=O)NCC2(c3cccc(F)c3)CCOCC2)cc1C. The first-order valence-electron chi connectivity index (χ1n) is 8.75. The standard InChI is InChI=1S/C20H24FNO2S/c1-3-17-14(2)11-18(25-17)19(23)22-13-20(7-9-24-10-8-20)15-5-4-6-16(21)12-15/h4-6,11-12H,3,7-10,13H2,1-2H3,(H,22,23). The van der Waals surface area contributed by atoms with E-state index in [4.69, 9.17) is 4.74 Å². The van der Waals surface area contributed by atoms with Crippen molar-refractivity contribution < 1.29 is 13.9 Å². The largest absolute Gasteiger partial charge is 0.381 e. The van der Waals surface area contributed by atoms with E-state index in [0.717, 1.165) is 29.7 Å². The molecule has 1 fully saturated rings. The molecule has 1 aromatic carbocycles. The minimum atomic E-state index is -0.268. The lowest BCUT2D eigenvalue weighted by molar-refractivity contribution is 0.0486. The molecule has 0 spiro atoms. The third-order valence-electron chi connectivity index (χ3n) is 5.04. The second-order valence-electron chi connectivity index (χ2n) is 6.66. The lowest BCUT2D eigenvalue weighted by Crippen LogP contribution is -2.44. The quantitative estimate of drug-likeness (QED) is 0.865. The lowest BCUT2D eigenvalue weighted by Gasteiger charge is -2.38. The van der Waals surface area contributed by atoms with Crippen LogP contribution in [-0.4, -0.2) is 25.7 Å². The highest BCUT2D eigenvalue weighted by atomic mass is 32.1. The Morgan fingerprint density at radius 1 is 1.32 bits per heavy atom. The summed E-state index contributed by atoms with van der Waals surface area (Å²) in [5, 5.41) is 3.09. The van der Waals surface area contributed by atoms with Crippen LogP contribution in [0.4, 0.5) is 4.39 Å². The number of nitrogens with one attached hydrogen (secondary N) is 1. The zero-order chi connectivity index (χ0) is 17.9. The third-order valence-corrected chi connectivity index (χ3v) is 6.42. The van der Waals surface area contributed by atoms with E-state index in [1.165, 1.54) is 16.5 Å². The molecule has 1 aliphatic rings. The van der Waals surface area contributed by atoms with Gasteiger partial charge in [0.2, 0.25) is 0 Å². The summed E-state index contributed by atoms with van der Waals surface area (Å²) in [6.45, 7) is 5.90. The number of hydrogen-bond donors (Lipinski definition) is 1. The van der Waals surface area contributed by atoms with E-state index < -0.39 is 0 Å². The zero-order valence-electron chi connectivity index (χ0n) is 14.7. The molecule has 2 heterocycles. The summed E-state index contributed by atoms with van der Waals surface area (Å²) in [5.74, 6) is -0.286. The average Bonchev–Trinajstić information content (AvgIpc) is 3.01. The molecule has 1 aliphatic heterocycles. The molecule has 2 aromatic rings. The highest BCUT2D eigenvalue weighted by Crippen LogP contribution is 2.35. The molecule has 0 radical (unpaired) electrons. The number of rotatable bonds is 5. The Kier molecular flexibility index (Phi) is 5.54. The topological polar surface area (TPSA) is 38.3 Å². The van der Waals surface area contributed by atoms with Crippen molar-refractivity contribution in [2.24, 2.45) is 0 Å². The number of aryl methyl sites for hydroxylation is 2. The zero-order valence-corrected chi connectivity index (χ0v) is 15.5. The molecule has 0 bridgehead atoms. The molecule has 1 amide bonds. The van der Waals surface area contributed by atoms with Crippen molar-refractivity contribution in [3.8, 4) is 0 Å². The predicted molar refractivity (Wildman–Crippen MR) is 98.9 cm³/mol. The van der Waals surface area contributed by atoms with Crippen molar-refractivity contribution in [3.63, 3.8) is 0 Å². The molecule has 0 saturated carbocycles. The van der Waals surface area contributed by atoms with Gasteiger partial charge >= 0.3 is 0 Å². The minimum Gasteiger partial charge on any atom is -0.381 e. The van der Waals surface area contributed by atoms with Gasteiger partial charge in [-0.05, 0) is 55.5 Å². The highest BCUT2D eigenvalue weighted by molar-refractivity contribution is 7.14. The fourth-order valence-corrected chi connectivity index (χ4v) is 4.50. The first kappa shape index (κ1) is 18.1. The Morgan fingerprint density at radius 2 is 2.08 bits per heavy atom. The van der Waals surface area contributed by atoms with Crippen LogP contribution in [0.15, 0.2) is 30.3 Å². The summed E-state index contributed by atoms with van der Waals surface area (Å²) in [6.07, 6.45) is 2.50. The van der Waals surface area contributed by atoms with E-state index in [-0.39, 0.29) is 17.1 Å². The number of carbonyl (C=O) groups excluding carboxylic acids is 1. The number of benzene rings is 1. The maximum Gasteiger partial charge on any atom is 0.261 e. The van der Waals surface area contributed by atoms with Gasteiger partial charge in [-0.25, -0.2) is 4.39 Å². The normalized spacial score (nSPS) is 16.6.